The van der Waals surface area contributed by atoms with Gasteiger partial charge in [-0.1, -0.05) is 0 Å². The minimum absolute atomic E-state index is 0.152. The Labute approximate surface area is 115 Å². The summed E-state index contributed by atoms with van der Waals surface area (Å²) in [6.45, 7) is 1.72. The Morgan fingerprint density at radius 1 is 1.20 bits per heavy atom. The summed E-state index contributed by atoms with van der Waals surface area (Å²) in [6.07, 6.45) is 0.435. The summed E-state index contributed by atoms with van der Waals surface area (Å²) in [7, 11) is 3.08. The minimum atomic E-state index is -0.407. The van der Waals surface area contributed by atoms with Gasteiger partial charge in [0.15, 0.2) is 12.0 Å². The van der Waals surface area contributed by atoms with E-state index in [1.54, 1.807) is 32.2 Å². The molecule has 2 rings (SSSR count). The van der Waals surface area contributed by atoms with Gasteiger partial charge in [-0.15, -0.1) is 0 Å². The first-order chi connectivity index (χ1) is 9.60. The van der Waals surface area contributed by atoms with Crippen LogP contribution >= 0.6 is 0 Å². The quantitative estimate of drug-likeness (QED) is 0.787. The molecule has 0 N–H and O–H groups in total. The van der Waals surface area contributed by atoms with Crippen LogP contribution in [-0.4, -0.2) is 30.3 Å². The average Bonchev–Trinajstić information content (AvgIpc) is 2.47. The molecule has 0 aliphatic carbocycles. The molecule has 104 valence electrons. The summed E-state index contributed by atoms with van der Waals surface area (Å²) >= 11 is 0. The van der Waals surface area contributed by atoms with Crippen LogP contribution in [0.15, 0.2) is 29.1 Å². The van der Waals surface area contributed by atoms with Gasteiger partial charge in [-0.3, -0.25) is 9.59 Å². The van der Waals surface area contributed by atoms with Crippen LogP contribution in [0.1, 0.15) is 16.2 Å². The molecule has 1 aromatic carbocycles. The zero-order chi connectivity index (χ0) is 14.7. The Morgan fingerprint density at radius 3 is 2.55 bits per heavy atom. The standard InChI is InChI=1S/C14H14N2O4/c1-9-6-13(18)11(8-17)15-16(9)12-7-10(19-2)4-5-14(12)20-3/h4-8H,1-3H3. The maximum atomic E-state index is 11.6. The summed E-state index contributed by atoms with van der Waals surface area (Å²) in [5.41, 5.74) is 0.621. The summed E-state index contributed by atoms with van der Waals surface area (Å²) in [5.74, 6) is 1.18. The predicted molar refractivity (Wildman–Crippen MR) is 73.1 cm³/mol. The van der Waals surface area contributed by atoms with E-state index < -0.39 is 5.43 Å². The van der Waals surface area contributed by atoms with Crippen LogP contribution in [0.3, 0.4) is 0 Å². The van der Waals surface area contributed by atoms with Crippen molar-refractivity contribution in [3.63, 3.8) is 0 Å². The highest BCUT2D eigenvalue weighted by Crippen LogP contribution is 2.27. The monoisotopic (exact) mass is 274 g/mol. The van der Waals surface area contributed by atoms with Crippen molar-refractivity contribution < 1.29 is 14.3 Å². The fourth-order valence-electron chi connectivity index (χ4n) is 1.85. The lowest BCUT2D eigenvalue weighted by atomic mass is 10.2. The topological polar surface area (TPSA) is 70.4 Å². The molecule has 0 amide bonds. The van der Waals surface area contributed by atoms with E-state index in [9.17, 15) is 9.59 Å². The molecule has 0 saturated heterocycles. The average molecular weight is 274 g/mol. The molecule has 1 aromatic heterocycles. The smallest absolute Gasteiger partial charge is 0.211 e. The molecule has 0 unspecified atom stereocenters. The van der Waals surface area contributed by atoms with E-state index in [0.717, 1.165) is 0 Å². The van der Waals surface area contributed by atoms with Crippen molar-refractivity contribution in [2.75, 3.05) is 14.2 Å². The first kappa shape index (κ1) is 13.8. The van der Waals surface area contributed by atoms with Gasteiger partial charge in [-0.05, 0) is 19.1 Å². The molecule has 20 heavy (non-hydrogen) atoms. The third-order valence-corrected chi connectivity index (χ3v) is 2.86. The summed E-state index contributed by atoms with van der Waals surface area (Å²) < 4.78 is 11.9. The number of ether oxygens (including phenoxy) is 2. The molecular formula is C14H14N2O4. The first-order valence-electron chi connectivity index (χ1n) is 5.89. The highest BCUT2D eigenvalue weighted by molar-refractivity contribution is 5.71. The maximum Gasteiger partial charge on any atom is 0.211 e. The lowest BCUT2D eigenvalue weighted by Gasteiger charge is -2.14. The predicted octanol–water partition coefficient (Wildman–Crippen LogP) is 1.37. The number of hydrogen-bond donors (Lipinski definition) is 0. The van der Waals surface area contributed by atoms with Gasteiger partial charge in [0, 0.05) is 17.8 Å². The van der Waals surface area contributed by atoms with Gasteiger partial charge in [0.05, 0.1) is 14.2 Å². The molecule has 0 atom stereocenters. The zero-order valence-corrected chi connectivity index (χ0v) is 11.4. The molecular weight excluding hydrogens is 260 g/mol. The fraction of sp³-hybridized carbons (Fsp3) is 0.214. The number of hydrogen-bond acceptors (Lipinski definition) is 5. The van der Waals surface area contributed by atoms with Gasteiger partial charge in [-0.25, -0.2) is 4.68 Å². The number of nitrogens with zero attached hydrogens (tertiary/aromatic N) is 2. The highest BCUT2D eigenvalue weighted by Gasteiger charge is 2.12. The number of carbonyl (C=O) groups excluding carboxylic acids is 1. The van der Waals surface area contributed by atoms with Crippen LogP contribution in [0.25, 0.3) is 5.69 Å². The van der Waals surface area contributed by atoms with Crippen LogP contribution in [0.5, 0.6) is 11.5 Å². The molecule has 2 aromatic rings. The van der Waals surface area contributed by atoms with Crippen molar-refractivity contribution in [2.24, 2.45) is 0 Å². The van der Waals surface area contributed by atoms with Crippen molar-refractivity contribution in [3.05, 3.63) is 45.9 Å². The van der Waals surface area contributed by atoms with Crippen molar-refractivity contribution in [1.29, 1.82) is 0 Å². The lowest BCUT2D eigenvalue weighted by molar-refractivity contribution is 0.111. The van der Waals surface area contributed by atoms with Crippen molar-refractivity contribution in [3.8, 4) is 17.2 Å². The van der Waals surface area contributed by atoms with Crippen molar-refractivity contribution in [1.82, 2.24) is 9.78 Å². The first-order valence-corrected chi connectivity index (χ1v) is 5.89. The molecule has 0 aliphatic heterocycles. The van der Waals surface area contributed by atoms with Crippen LogP contribution < -0.4 is 14.9 Å². The second-order valence-electron chi connectivity index (χ2n) is 4.10. The SMILES string of the molecule is COc1ccc(OC)c(-n2nc(C=O)c(=O)cc2C)c1. The van der Waals surface area contributed by atoms with Gasteiger partial charge in [0.1, 0.15) is 17.2 Å². The molecule has 6 heteroatoms. The number of carbonyl (C=O) groups is 1. The maximum absolute atomic E-state index is 11.6. The molecule has 0 spiro atoms. The third kappa shape index (κ3) is 2.40. The molecule has 1 heterocycles. The van der Waals surface area contributed by atoms with E-state index in [0.29, 0.717) is 29.2 Å². The van der Waals surface area contributed by atoms with Crippen LogP contribution in [0.4, 0.5) is 0 Å². The van der Waals surface area contributed by atoms with Gasteiger partial charge < -0.3 is 9.47 Å². The fourth-order valence-corrected chi connectivity index (χ4v) is 1.85. The number of rotatable bonds is 4. The second kappa shape index (κ2) is 5.56. The van der Waals surface area contributed by atoms with Gasteiger partial charge in [0.2, 0.25) is 5.43 Å². The molecule has 6 nitrogen and oxygen atoms in total. The second-order valence-corrected chi connectivity index (χ2v) is 4.10. The Bertz CT molecular complexity index is 707. The van der Waals surface area contributed by atoms with Gasteiger partial charge in [-0.2, -0.15) is 5.10 Å². The van der Waals surface area contributed by atoms with Crippen molar-refractivity contribution >= 4 is 6.29 Å². The van der Waals surface area contributed by atoms with Crippen LogP contribution in [0, 0.1) is 6.92 Å². The van der Waals surface area contributed by atoms with E-state index in [2.05, 4.69) is 5.10 Å². The highest BCUT2D eigenvalue weighted by atomic mass is 16.5. The Hall–Kier alpha value is -2.63. The Balaban J connectivity index is 2.72. The van der Waals surface area contributed by atoms with E-state index >= 15 is 0 Å². The van der Waals surface area contributed by atoms with E-state index in [4.69, 9.17) is 9.47 Å². The van der Waals surface area contributed by atoms with E-state index in [1.165, 1.54) is 17.9 Å². The largest absolute Gasteiger partial charge is 0.497 e. The Morgan fingerprint density at radius 2 is 1.95 bits per heavy atom. The number of aromatic nitrogens is 2. The minimum Gasteiger partial charge on any atom is -0.497 e. The zero-order valence-electron chi connectivity index (χ0n) is 11.4. The summed E-state index contributed by atoms with van der Waals surface area (Å²) in [4.78, 5) is 22.4. The lowest BCUT2D eigenvalue weighted by Crippen LogP contribution is -2.18. The molecule has 0 bridgehead atoms. The molecule has 0 radical (unpaired) electrons. The number of aryl methyl sites for hydroxylation is 1. The van der Waals surface area contributed by atoms with Crippen LogP contribution in [-0.2, 0) is 0 Å². The number of benzene rings is 1. The van der Waals surface area contributed by atoms with Gasteiger partial charge >= 0.3 is 0 Å². The van der Waals surface area contributed by atoms with E-state index in [1.807, 2.05) is 0 Å². The number of methoxy groups -OCH3 is 2. The summed E-state index contributed by atoms with van der Waals surface area (Å²) in [5, 5.41) is 4.05. The van der Waals surface area contributed by atoms with Crippen molar-refractivity contribution in [2.45, 2.75) is 6.92 Å². The summed E-state index contributed by atoms with van der Waals surface area (Å²) in [6, 6.07) is 6.56. The molecule has 0 aliphatic rings. The normalized spacial score (nSPS) is 10.2. The van der Waals surface area contributed by atoms with E-state index in [-0.39, 0.29) is 5.69 Å². The third-order valence-electron chi connectivity index (χ3n) is 2.86. The van der Waals surface area contributed by atoms with Gasteiger partial charge in [0.25, 0.3) is 0 Å². The van der Waals surface area contributed by atoms with Crippen LogP contribution in [0.2, 0.25) is 0 Å². The Kier molecular flexibility index (Phi) is 3.84. The molecule has 0 fully saturated rings. The number of aldehydes is 1. The molecule has 0 saturated carbocycles.